The molecule has 0 fully saturated rings. The average Bonchev–Trinajstić information content (AvgIpc) is 2.76. The molecule has 0 aliphatic rings. The van der Waals surface area contributed by atoms with Crippen molar-refractivity contribution in [2.45, 2.75) is 27.7 Å². The summed E-state index contributed by atoms with van der Waals surface area (Å²) in [6, 6.07) is 14.9. The first-order valence-electron chi connectivity index (χ1n) is 7.37. The Morgan fingerprint density at radius 2 is 1.50 bits per heavy atom. The second kappa shape index (κ2) is 5.88. The number of aromatic nitrogens is 2. The van der Waals surface area contributed by atoms with Gasteiger partial charge in [0.25, 0.3) is 0 Å². The monoisotopic (exact) mass is 402 g/mol. The van der Waals surface area contributed by atoms with Gasteiger partial charge in [0.05, 0.1) is 11.4 Å². The van der Waals surface area contributed by atoms with Crippen LogP contribution in [0.2, 0.25) is 0 Å². The van der Waals surface area contributed by atoms with Gasteiger partial charge in [-0.3, -0.25) is 4.57 Å². The normalized spacial score (nSPS) is 11.0. The van der Waals surface area contributed by atoms with Crippen LogP contribution < -0.4 is 0 Å². The first-order valence-corrected chi connectivity index (χ1v) is 8.45. The molecule has 0 bridgehead atoms. The van der Waals surface area contributed by atoms with Gasteiger partial charge in [0.15, 0.2) is 0 Å². The Morgan fingerprint density at radius 1 is 0.909 bits per heavy atom. The van der Waals surface area contributed by atoms with E-state index >= 15 is 0 Å². The predicted octanol–water partition coefficient (Wildman–Crippen LogP) is 5.38. The summed E-state index contributed by atoms with van der Waals surface area (Å²) in [5.41, 5.74) is 7.45. The van der Waals surface area contributed by atoms with Crippen LogP contribution in [0, 0.1) is 31.4 Å². The highest BCUT2D eigenvalue weighted by Gasteiger charge is 2.18. The fraction of sp³-hybridized carbons (Fsp3) is 0.211. The zero-order valence-corrected chi connectivity index (χ0v) is 15.5. The van der Waals surface area contributed by atoms with Crippen LogP contribution in [0.5, 0.6) is 0 Å². The van der Waals surface area contributed by atoms with Gasteiger partial charge in [-0.25, -0.2) is 4.98 Å². The van der Waals surface area contributed by atoms with Crippen LogP contribution in [0.1, 0.15) is 22.4 Å². The molecule has 2 nitrogen and oxygen atoms in total. The largest absolute Gasteiger partial charge is 0.295 e. The molecule has 3 aromatic rings. The fourth-order valence-corrected chi connectivity index (χ4v) is 3.52. The van der Waals surface area contributed by atoms with Gasteiger partial charge in [-0.1, -0.05) is 48.0 Å². The van der Waals surface area contributed by atoms with Crippen molar-refractivity contribution in [1.29, 1.82) is 0 Å². The third-order valence-electron chi connectivity index (χ3n) is 3.94. The molecule has 0 saturated heterocycles. The van der Waals surface area contributed by atoms with E-state index in [0.29, 0.717) is 0 Å². The van der Waals surface area contributed by atoms with Crippen LogP contribution in [0.3, 0.4) is 0 Å². The second-order valence-corrected chi connectivity index (χ2v) is 6.78. The SMILES string of the molecule is Cc1cc(C)c(-n2c(-c3ccccc3)nc(I)c2C)c(C)c1. The summed E-state index contributed by atoms with van der Waals surface area (Å²) in [5.74, 6) is 1.01. The van der Waals surface area contributed by atoms with E-state index in [1.807, 2.05) is 6.07 Å². The lowest BCUT2D eigenvalue weighted by Gasteiger charge is -2.17. The number of hydrogen-bond donors (Lipinski definition) is 0. The molecule has 0 aliphatic carbocycles. The van der Waals surface area contributed by atoms with Crippen LogP contribution in [0.15, 0.2) is 42.5 Å². The molecule has 0 atom stereocenters. The van der Waals surface area contributed by atoms with Crippen molar-refractivity contribution in [2.24, 2.45) is 0 Å². The summed E-state index contributed by atoms with van der Waals surface area (Å²) in [7, 11) is 0. The maximum absolute atomic E-state index is 4.81. The third-order valence-corrected chi connectivity index (χ3v) is 4.96. The molecule has 3 rings (SSSR count). The van der Waals surface area contributed by atoms with E-state index in [4.69, 9.17) is 4.98 Å². The smallest absolute Gasteiger partial charge is 0.146 e. The van der Waals surface area contributed by atoms with Gasteiger partial charge in [0.1, 0.15) is 9.53 Å². The molecule has 0 spiro atoms. The Bertz CT molecular complexity index is 809. The summed E-state index contributed by atoms with van der Waals surface area (Å²) in [5, 5.41) is 0. The Balaban J connectivity index is 2.33. The van der Waals surface area contributed by atoms with Crippen LogP contribution in [0.25, 0.3) is 17.1 Å². The molecule has 0 N–H and O–H groups in total. The zero-order chi connectivity index (χ0) is 15.9. The molecular formula is C19H19IN2. The van der Waals surface area contributed by atoms with Crippen molar-refractivity contribution in [3.05, 3.63) is 68.5 Å². The van der Waals surface area contributed by atoms with E-state index in [2.05, 4.69) is 91.3 Å². The molecule has 0 amide bonds. The summed E-state index contributed by atoms with van der Waals surface area (Å²) in [6.07, 6.45) is 0. The van der Waals surface area contributed by atoms with Gasteiger partial charge in [-0.05, 0) is 61.4 Å². The van der Waals surface area contributed by atoms with Crippen molar-refractivity contribution < 1.29 is 0 Å². The number of nitrogens with zero attached hydrogens (tertiary/aromatic N) is 2. The highest BCUT2D eigenvalue weighted by Crippen LogP contribution is 2.31. The molecule has 112 valence electrons. The standard InChI is InChI=1S/C19H19IN2/c1-12-10-13(2)17(14(3)11-12)22-15(4)18(20)21-19(22)16-8-6-5-7-9-16/h5-11H,1-4H3. The lowest BCUT2D eigenvalue weighted by Crippen LogP contribution is -2.05. The van der Waals surface area contributed by atoms with Crippen LogP contribution in [-0.2, 0) is 0 Å². The minimum atomic E-state index is 1.01. The minimum absolute atomic E-state index is 1.01. The number of aryl methyl sites for hydroxylation is 3. The molecule has 0 radical (unpaired) electrons. The molecular weight excluding hydrogens is 383 g/mol. The third kappa shape index (κ3) is 2.58. The molecule has 1 heterocycles. The van der Waals surface area contributed by atoms with Gasteiger partial charge < -0.3 is 0 Å². The summed E-state index contributed by atoms with van der Waals surface area (Å²) in [6.45, 7) is 8.64. The van der Waals surface area contributed by atoms with Gasteiger partial charge in [0, 0.05) is 5.56 Å². The topological polar surface area (TPSA) is 17.8 Å². The van der Waals surface area contributed by atoms with Gasteiger partial charge in [-0.15, -0.1) is 0 Å². The van der Waals surface area contributed by atoms with Crippen molar-refractivity contribution >= 4 is 22.6 Å². The first-order chi connectivity index (χ1) is 10.5. The number of hydrogen-bond acceptors (Lipinski definition) is 1. The Kier molecular flexibility index (Phi) is 4.08. The highest BCUT2D eigenvalue weighted by molar-refractivity contribution is 14.1. The van der Waals surface area contributed by atoms with Crippen molar-refractivity contribution in [3.8, 4) is 17.1 Å². The molecule has 22 heavy (non-hydrogen) atoms. The van der Waals surface area contributed by atoms with E-state index in [-0.39, 0.29) is 0 Å². The Hall–Kier alpha value is -1.62. The lowest BCUT2D eigenvalue weighted by molar-refractivity contribution is 0.982. The van der Waals surface area contributed by atoms with Crippen LogP contribution in [-0.4, -0.2) is 9.55 Å². The second-order valence-electron chi connectivity index (χ2n) is 5.76. The number of imidazole rings is 1. The van der Waals surface area contributed by atoms with E-state index in [1.54, 1.807) is 0 Å². The number of rotatable bonds is 2. The summed E-state index contributed by atoms with van der Waals surface area (Å²) in [4.78, 5) is 4.81. The zero-order valence-electron chi connectivity index (χ0n) is 13.3. The minimum Gasteiger partial charge on any atom is -0.295 e. The van der Waals surface area contributed by atoms with Crippen LogP contribution >= 0.6 is 22.6 Å². The van der Waals surface area contributed by atoms with Gasteiger partial charge in [0.2, 0.25) is 0 Å². The van der Waals surface area contributed by atoms with E-state index in [0.717, 1.165) is 15.1 Å². The maximum atomic E-state index is 4.81. The van der Waals surface area contributed by atoms with E-state index in [1.165, 1.54) is 28.1 Å². The lowest BCUT2D eigenvalue weighted by atomic mass is 10.0. The van der Waals surface area contributed by atoms with Crippen molar-refractivity contribution in [2.75, 3.05) is 0 Å². The number of halogens is 1. The van der Waals surface area contributed by atoms with Crippen molar-refractivity contribution in [1.82, 2.24) is 9.55 Å². The molecule has 0 unspecified atom stereocenters. The van der Waals surface area contributed by atoms with E-state index in [9.17, 15) is 0 Å². The molecule has 1 aromatic heterocycles. The molecule has 0 saturated carbocycles. The highest BCUT2D eigenvalue weighted by atomic mass is 127. The summed E-state index contributed by atoms with van der Waals surface area (Å²) < 4.78 is 3.34. The van der Waals surface area contributed by atoms with Gasteiger partial charge in [-0.2, -0.15) is 0 Å². The Morgan fingerprint density at radius 3 is 2.09 bits per heavy atom. The Labute approximate surface area is 145 Å². The fourth-order valence-electron chi connectivity index (χ4n) is 3.05. The molecule has 0 aliphatic heterocycles. The van der Waals surface area contributed by atoms with Crippen molar-refractivity contribution in [3.63, 3.8) is 0 Å². The predicted molar refractivity (Wildman–Crippen MR) is 101 cm³/mol. The maximum Gasteiger partial charge on any atom is 0.146 e. The number of benzene rings is 2. The molecule has 3 heteroatoms. The quantitative estimate of drug-likeness (QED) is 0.527. The first kappa shape index (κ1) is 15.3. The van der Waals surface area contributed by atoms with E-state index < -0.39 is 0 Å². The molecule has 2 aromatic carbocycles. The van der Waals surface area contributed by atoms with Crippen LogP contribution in [0.4, 0.5) is 0 Å². The summed E-state index contributed by atoms with van der Waals surface area (Å²) >= 11 is 2.32. The van der Waals surface area contributed by atoms with Gasteiger partial charge >= 0.3 is 0 Å². The average molecular weight is 402 g/mol.